The van der Waals surface area contributed by atoms with Crippen LogP contribution < -0.4 is 0 Å². The Morgan fingerprint density at radius 1 is 0.700 bits per heavy atom. The van der Waals surface area contributed by atoms with Gasteiger partial charge in [-0.05, 0) is 47.2 Å². The SMILES string of the molecule is Cc1cc2c(cc1C)[C@H]1c3ccccc3[C@H]2[C@@H](O)[C@H]1O. The van der Waals surface area contributed by atoms with Crippen molar-refractivity contribution >= 4 is 0 Å². The molecule has 2 heteroatoms. The van der Waals surface area contributed by atoms with Crippen LogP contribution in [-0.2, 0) is 0 Å². The number of hydrogen-bond acceptors (Lipinski definition) is 2. The average molecular weight is 266 g/mol. The molecule has 0 aliphatic heterocycles. The third-order valence-corrected chi connectivity index (χ3v) is 5.07. The molecule has 0 fully saturated rings. The van der Waals surface area contributed by atoms with Crippen LogP contribution >= 0.6 is 0 Å². The van der Waals surface area contributed by atoms with Gasteiger partial charge in [-0.15, -0.1) is 0 Å². The summed E-state index contributed by atoms with van der Waals surface area (Å²) in [5.74, 6) is -0.194. The van der Waals surface area contributed by atoms with Crippen LogP contribution in [0.1, 0.15) is 45.2 Å². The lowest BCUT2D eigenvalue weighted by molar-refractivity contribution is -0.0154. The zero-order valence-electron chi connectivity index (χ0n) is 11.7. The molecule has 0 saturated heterocycles. The standard InChI is InChI=1S/C18H18O2/c1-9-7-13-14(8-10(9)2)16-12-6-4-3-5-11(12)15(13)17(19)18(16)20/h3-8,15-20H,1-2H3/t15-,16-,17-,18+/m1/s1. The van der Waals surface area contributed by atoms with E-state index in [1.807, 2.05) is 12.1 Å². The highest BCUT2D eigenvalue weighted by Crippen LogP contribution is 2.53. The molecule has 0 radical (unpaired) electrons. The van der Waals surface area contributed by atoms with Gasteiger partial charge >= 0.3 is 0 Å². The molecule has 5 rings (SSSR count). The molecule has 0 amide bonds. The molecule has 0 unspecified atom stereocenters. The van der Waals surface area contributed by atoms with Crippen LogP contribution in [0.4, 0.5) is 0 Å². The van der Waals surface area contributed by atoms with Crippen LogP contribution in [0.5, 0.6) is 0 Å². The second-order valence-corrected chi connectivity index (χ2v) is 6.13. The highest BCUT2D eigenvalue weighted by atomic mass is 16.3. The van der Waals surface area contributed by atoms with Gasteiger partial charge in [0.1, 0.15) is 0 Å². The van der Waals surface area contributed by atoms with Gasteiger partial charge in [-0.2, -0.15) is 0 Å². The number of aliphatic hydroxyl groups is 2. The number of aliphatic hydroxyl groups excluding tert-OH is 2. The summed E-state index contributed by atoms with van der Waals surface area (Å²) in [5.41, 5.74) is 7.22. The van der Waals surface area contributed by atoms with Crippen LogP contribution in [0.25, 0.3) is 0 Å². The van der Waals surface area contributed by atoms with Gasteiger partial charge in [-0.3, -0.25) is 0 Å². The summed E-state index contributed by atoms with van der Waals surface area (Å²) >= 11 is 0. The van der Waals surface area contributed by atoms with Gasteiger partial charge in [0.05, 0.1) is 12.2 Å². The Balaban J connectivity index is 2.05. The fourth-order valence-corrected chi connectivity index (χ4v) is 3.94. The van der Waals surface area contributed by atoms with Crippen molar-refractivity contribution in [3.8, 4) is 0 Å². The maximum absolute atomic E-state index is 10.5. The van der Waals surface area contributed by atoms with E-state index in [0.717, 1.165) is 0 Å². The van der Waals surface area contributed by atoms with E-state index in [-0.39, 0.29) is 11.8 Å². The van der Waals surface area contributed by atoms with Crippen LogP contribution in [0.2, 0.25) is 0 Å². The Hall–Kier alpha value is -1.64. The van der Waals surface area contributed by atoms with Crippen molar-refractivity contribution in [1.29, 1.82) is 0 Å². The highest BCUT2D eigenvalue weighted by molar-refractivity contribution is 5.59. The second-order valence-electron chi connectivity index (χ2n) is 6.13. The first-order valence-electron chi connectivity index (χ1n) is 7.15. The third-order valence-electron chi connectivity index (χ3n) is 5.07. The van der Waals surface area contributed by atoms with Crippen molar-refractivity contribution in [2.45, 2.75) is 37.9 Å². The Kier molecular flexibility index (Phi) is 2.39. The van der Waals surface area contributed by atoms with E-state index in [0.29, 0.717) is 0 Å². The molecule has 0 aromatic heterocycles. The minimum Gasteiger partial charge on any atom is -0.389 e. The van der Waals surface area contributed by atoms with Crippen molar-refractivity contribution < 1.29 is 10.2 Å². The van der Waals surface area contributed by atoms with Gasteiger partial charge in [-0.1, -0.05) is 36.4 Å². The van der Waals surface area contributed by atoms with E-state index in [4.69, 9.17) is 0 Å². The van der Waals surface area contributed by atoms with Crippen LogP contribution in [0.15, 0.2) is 36.4 Å². The summed E-state index contributed by atoms with van der Waals surface area (Å²) in [6.07, 6.45) is -1.41. The van der Waals surface area contributed by atoms with Gasteiger partial charge in [0.25, 0.3) is 0 Å². The van der Waals surface area contributed by atoms with E-state index in [2.05, 4.69) is 38.1 Å². The van der Waals surface area contributed by atoms with E-state index < -0.39 is 12.2 Å². The van der Waals surface area contributed by atoms with Crippen molar-refractivity contribution in [2.75, 3.05) is 0 Å². The molecular weight excluding hydrogens is 248 g/mol. The van der Waals surface area contributed by atoms with E-state index >= 15 is 0 Å². The maximum atomic E-state index is 10.5. The van der Waals surface area contributed by atoms with Gasteiger partial charge in [0.15, 0.2) is 0 Å². The number of rotatable bonds is 0. The number of aryl methyl sites for hydroxylation is 2. The first-order valence-corrected chi connectivity index (χ1v) is 7.15. The first-order chi connectivity index (χ1) is 9.59. The Labute approximate surface area is 118 Å². The summed E-state index contributed by atoms with van der Waals surface area (Å²) in [7, 11) is 0. The molecule has 3 aliphatic carbocycles. The molecule has 3 aliphatic rings. The van der Waals surface area contributed by atoms with E-state index in [1.54, 1.807) is 0 Å². The van der Waals surface area contributed by atoms with Gasteiger partial charge in [-0.25, -0.2) is 0 Å². The van der Waals surface area contributed by atoms with Crippen molar-refractivity contribution in [3.05, 3.63) is 69.8 Å². The van der Waals surface area contributed by atoms with Crippen LogP contribution in [0.3, 0.4) is 0 Å². The van der Waals surface area contributed by atoms with Crippen LogP contribution in [0, 0.1) is 13.8 Å². The van der Waals surface area contributed by atoms with Crippen molar-refractivity contribution in [3.63, 3.8) is 0 Å². The van der Waals surface area contributed by atoms with Crippen molar-refractivity contribution in [2.24, 2.45) is 0 Å². The molecule has 2 nitrogen and oxygen atoms in total. The molecule has 0 saturated carbocycles. The normalized spacial score (nSPS) is 30.0. The van der Waals surface area contributed by atoms with Crippen molar-refractivity contribution in [1.82, 2.24) is 0 Å². The van der Waals surface area contributed by atoms with E-state index in [1.165, 1.54) is 33.4 Å². The average Bonchev–Trinajstić information content (AvgIpc) is 2.44. The quantitative estimate of drug-likeness (QED) is 0.769. The molecule has 102 valence electrons. The topological polar surface area (TPSA) is 40.5 Å². The molecule has 2 N–H and O–H groups in total. The lowest BCUT2D eigenvalue weighted by atomic mass is 9.60. The molecule has 4 atom stereocenters. The minimum atomic E-state index is -0.704. The number of benzene rings is 2. The lowest BCUT2D eigenvalue weighted by Crippen LogP contribution is -2.47. The van der Waals surface area contributed by atoms with Crippen LogP contribution in [-0.4, -0.2) is 22.4 Å². The van der Waals surface area contributed by atoms with Gasteiger partial charge in [0, 0.05) is 11.8 Å². The molecule has 20 heavy (non-hydrogen) atoms. The predicted molar refractivity (Wildman–Crippen MR) is 78.1 cm³/mol. The molecule has 2 aromatic carbocycles. The Morgan fingerprint density at radius 2 is 1.10 bits per heavy atom. The first kappa shape index (κ1) is 12.1. The molecule has 2 aromatic rings. The number of fused-ring (bicyclic) bond motifs is 1. The van der Waals surface area contributed by atoms with Gasteiger partial charge < -0.3 is 10.2 Å². The molecule has 0 heterocycles. The zero-order chi connectivity index (χ0) is 14.0. The minimum absolute atomic E-state index is 0.0968. The molecular formula is C18H18O2. The van der Waals surface area contributed by atoms with E-state index in [9.17, 15) is 10.2 Å². The fraction of sp³-hybridized carbons (Fsp3) is 0.333. The summed E-state index contributed by atoms with van der Waals surface area (Å²) in [6, 6.07) is 12.6. The number of hydrogen-bond donors (Lipinski definition) is 2. The smallest absolute Gasteiger partial charge is 0.0917 e. The highest BCUT2D eigenvalue weighted by Gasteiger charge is 2.48. The zero-order valence-corrected chi connectivity index (χ0v) is 11.7. The maximum Gasteiger partial charge on any atom is 0.0917 e. The van der Waals surface area contributed by atoms with Gasteiger partial charge in [0.2, 0.25) is 0 Å². The second kappa shape index (κ2) is 3.94. The molecule has 2 bridgehead atoms. The summed E-state index contributed by atoms with van der Waals surface area (Å²) in [5, 5.41) is 20.9. The third kappa shape index (κ3) is 1.36. The summed E-state index contributed by atoms with van der Waals surface area (Å²) in [4.78, 5) is 0. The monoisotopic (exact) mass is 266 g/mol. The largest absolute Gasteiger partial charge is 0.389 e. The Bertz CT molecular complexity index is 645. The molecule has 0 spiro atoms. The lowest BCUT2D eigenvalue weighted by Gasteiger charge is -2.47. The summed E-state index contributed by atoms with van der Waals surface area (Å²) in [6.45, 7) is 4.21. The summed E-state index contributed by atoms with van der Waals surface area (Å²) < 4.78 is 0. The fourth-order valence-electron chi connectivity index (χ4n) is 3.94. The predicted octanol–water partition coefficient (Wildman–Crippen LogP) is 2.62. The Morgan fingerprint density at radius 3 is 1.50 bits per heavy atom.